The Labute approximate surface area is 136 Å². The molecule has 23 heavy (non-hydrogen) atoms. The van der Waals surface area contributed by atoms with Gasteiger partial charge in [0.1, 0.15) is 0 Å². The summed E-state index contributed by atoms with van der Waals surface area (Å²) in [6.45, 7) is 5.03. The van der Waals surface area contributed by atoms with Crippen LogP contribution in [0.15, 0.2) is 23.3 Å². The first-order chi connectivity index (χ1) is 11.1. The molecule has 2 rings (SSSR count). The van der Waals surface area contributed by atoms with E-state index in [4.69, 9.17) is 14.2 Å². The average molecular weight is 321 g/mol. The van der Waals surface area contributed by atoms with Crippen LogP contribution >= 0.6 is 0 Å². The molecule has 1 fully saturated rings. The standard InChI is InChI=1S/C16H23N3O4/c1-12(13-4-5-14(21-2)15(10-13)22-3)17-18-16(20)11-19-6-8-23-9-7-19/h4-5,10H,6-9,11H2,1-3H3,(H,18,20)/b17-12-. The number of rotatable bonds is 6. The summed E-state index contributed by atoms with van der Waals surface area (Å²) in [6.07, 6.45) is 0. The van der Waals surface area contributed by atoms with Gasteiger partial charge in [0.15, 0.2) is 11.5 Å². The quantitative estimate of drug-likeness (QED) is 0.622. The molecule has 1 saturated heterocycles. The van der Waals surface area contributed by atoms with Crippen molar-refractivity contribution in [2.45, 2.75) is 6.92 Å². The Morgan fingerprint density at radius 1 is 1.26 bits per heavy atom. The Bertz CT molecular complexity index is 568. The van der Waals surface area contributed by atoms with Crippen molar-refractivity contribution in [2.24, 2.45) is 5.10 Å². The van der Waals surface area contributed by atoms with Gasteiger partial charge in [-0.1, -0.05) is 0 Å². The Hall–Kier alpha value is -2.12. The van der Waals surface area contributed by atoms with E-state index in [-0.39, 0.29) is 5.91 Å². The first-order valence-electron chi connectivity index (χ1n) is 7.49. The molecular formula is C16H23N3O4. The molecule has 1 aliphatic heterocycles. The lowest BCUT2D eigenvalue weighted by atomic mass is 10.1. The van der Waals surface area contributed by atoms with Crippen LogP contribution in [-0.2, 0) is 9.53 Å². The van der Waals surface area contributed by atoms with Gasteiger partial charge in [0.05, 0.1) is 39.7 Å². The molecule has 0 spiro atoms. The maximum Gasteiger partial charge on any atom is 0.254 e. The molecular weight excluding hydrogens is 298 g/mol. The number of carbonyl (C=O) groups is 1. The molecule has 7 heteroatoms. The van der Waals surface area contributed by atoms with Gasteiger partial charge in [-0.3, -0.25) is 9.69 Å². The van der Waals surface area contributed by atoms with E-state index in [2.05, 4.69) is 10.5 Å². The maximum atomic E-state index is 11.9. The number of hydrazone groups is 1. The van der Waals surface area contributed by atoms with Crippen molar-refractivity contribution >= 4 is 11.6 Å². The normalized spacial score (nSPS) is 16.0. The van der Waals surface area contributed by atoms with E-state index in [1.165, 1.54) is 0 Å². The van der Waals surface area contributed by atoms with Crippen molar-refractivity contribution in [3.05, 3.63) is 23.8 Å². The molecule has 0 aromatic heterocycles. The number of nitrogens with one attached hydrogen (secondary N) is 1. The number of hydrogen-bond acceptors (Lipinski definition) is 6. The minimum absolute atomic E-state index is 0.133. The molecule has 1 aliphatic rings. The fourth-order valence-corrected chi connectivity index (χ4v) is 2.27. The lowest BCUT2D eigenvalue weighted by Gasteiger charge is -2.25. The van der Waals surface area contributed by atoms with Crippen LogP contribution in [-0.4, -0.2) is 63.6 Å². The van der Waals surface area contributed by atoms with Crippen LogP contribution < -0.4 is 14.9 Å². The number of amides is 1. The highest BCUT2D eigenvalue weighted by molar-refractivity contribution is 5.99. The molecule has 0 saturated carbocycles. The molecule has 1 aromatic rings. The van der Waals surface area contributed by atoms with Crippen molar-refractivity contribution in [2.75, 3.05) is 47.1 Å². The number of nitrogens with zero attached hydrogens (tertiary/aromatic N) is 2. The van der Waals surface area contributed by atoms with Crippen molar-refractivity contribution < 1.29 is 19.0 Å². The zero-order valence-electron chi connectivity index (χ0n) is 13.8. The van der Waals surface area contributed by atoms with Crippen LogP contribution in [0.25, 0.3) is 0 Å². The number of carbonyl (C=O) groups excluding carboxylic acids is 1. The molecule has 7 nitrogen and oxygen atoms in total. The van der Waals surface area contributed by atoms with Crippen LogP contribution in [0, 0.1) is 0 Å². The van der Waals surface area contributed by atoms with E-state index in [9.17, 15) is 4.79 Å². The monoisotopic (exact) mass is 321 g/mol. The number of hydrogen-bond donors (Lipinski definition) is 1. The number of methoxy groups -OCH3 is 2. The molecule has 1 amide bonds. The second kappa shape index (κ2) is 8.50. The number of morpholine rings is 1. The molecule has 126 valence electrons. The smallest absolute Gasteiger partial charge is 0.254 e. The summed E-state index contributed by atoms with van der Waals surface area (Å²) in [4.78, 5) is 14.0. The minimum atomic E-state index is -0.133. The van der Waals surface area contributed by atoms with Gasteiger partial charge in [0, 0.05) is 18.7 Å². The Morgan fingerprint density at radius 3 is 2.61 bits per heavy atom. The highest BCUT2D eigenvalue weighted by atomic mass is 16.5. The predicted molar refractivity (Wildman–Crippen MR) is 87.2 cm³/mol. The van der Waals surface area contributed by atoms with E-state index in [0.717, 1.165) is 18.7 Å². The van der Waals surface area contributed by atoms with Gasteiger partial charge in [0.25, 0.3) is 5.91 Å². The maximum absolute atomic E-state index is 11.9. The van der Waals surface area contributed by atoms with Crippen LogP contribution in [0.4, 0.5) is 0 Å². The molecule has 0 unspecified atom stereocenters. The van der Waals surface area contributed by atoms with Crippen LogP contribution in [0.3, 0.4) is 0 Å². The summed E-state index contributed by atoms with van der Waals surface area (Å²) in [5, 5.41) is 4.15. The zero-order valence-corrected chi connectivity index (χ0v) is 13.8. The molecule has 0 aliphatic carbocycles. The van der Waals surface area contributed by atoms with Gasteiger partial charge in [-0.2, -0.15) is 5.10 Å². The van der Waals surface area contributed by atoms with Crippen LogP contribution in [0.2, 0.25) is 0 Å². The van der Waals surface area contributed by atoms with Crippen molar-refractivity contribution in [3.63, 3.8) is 0 Å². The van der Waals surface area contributed by atoms with E-state index in [0.29, 0.717) is 37.0 Å². The van der Waals surface area contributed by atoms with Gasteiger partial charge < -0.3 is 14.2 Å². The fourth-order valence-electron chi connectivity index (χ4n) is 2.27. The predicted octanol–water partition coefficient (Wildman–Crippen LogP) is 0.876. The van der Waals surface area contributed by atoms with E-state index in [1.807, 2.05) is 30.0 Å². The summed E-state index contributed by atoms with van der Waals surface area (Å²) in [5.41, 5.74) is 4.14. The van der Waals surface area contributed by atoms with Gasteiger partial charge >= 0.3 is 0 Å². The Kier molecular flexibility index (Phi) is 6.37. The largest absolute Gasteiger partial charge is 0.493 e. The SMILES string of the molecule is COc1ccc(/C(C)=N\NC(=O)CN2CCOCC2)cc1OC. The minimum Gasteiger partial charge on any atom is -0.493 e. The lowest BCUT2D eigenvalue weighted by Crippen LogP contribution is -2.42. The summed E-state index contributed by atoms with van der Waals surface area (Å²) in [7, 11) is 3.17. The highest BCUT2D eigenvalue weighted by Crippen LogP contribution is 2.27. The first kappa shape index (κ1) is 17.2. The summed E-state index contributed by atoms with van der Waals surface area (Å²) in [5.74, 6) is 1.14. The lowest BCUT2D eigenvalue weighted by molar-refractivity contribution is -0.123. The zero-order chi connectivity index (χ0) is 16.7. The van der Waals surface area contributed by atoms with Gasteiger partial charge in [0.2, 0.25) is 0 Å². The van der Waals surface area contributed by atoms with Gasteiger partial charge in [-0.05, 0) is 25.1 Å². The Balaban J connectivity index is 1.94. The fraction of sp³-hybridized carbons (Fsp3) is 0.500. The molecule has 0 bridgehead atoms. The molecule has 0 radical (unpaired) electrons. The summed E-state index contributed by atoms with van der Waals surface area (Å²) >= 11 is 0. The second-order valence-electron chi connectivity index (χ2n) is 5.19. The summed E-state index contributed by atoms with van der Waals surface area (Å²) < 4.78 is 15.7. The van der Waals surface area contributed by atoms with Gasteiger partial charge in [-0.15, -0.1) is 0 Å². The van der Waals surface area contributed by atoms with Crippen molar-refractivity contribution in [3.8, 4) is 11.5 Å². The molecule has 1 aromatic carbocycles. The molecule has 1 N–H and O–H groups in total. The Morgan fingerprint density at radius 2 is 1.96 bits per heavy atom. The third-order valence-electron chi connectivity index (χ3n) is 3.62. The highest BCUT2D eigenvalue weighted by Gasteiger charge is 2.14. The third-order valence-corrected chi connectivity index (χ3v) is 3.62. The van der Waals surface area contributed by atoms with E-state index in [1.54, 1.807) is 14.2 Å². The third kappa shape index (κ3) is 4.94. The van der Waals surface area contributed by atoms with Crippen LogP contribution in [0.5, 0.6) is 11.5 Å². The topological polar surface area (TPSA) is 72.4 Å². The molecule has 0 atom stereocenters. The van der Waals surface area contributed by atoms with Gasteiger partial charge in [-0.25, -0.2) is 5.43 Å². The molecule has 1 heterocycles. The average Bonchev–Trinajstić information content (AvgIpc) is 2.59. The van der Waals surface area contributed by atoms with Crippen molar-refractivity contribution in [1.82, 2.24) is 10.3 Å². The van der Waals surface area contributed by atoms with E-state index >= 15 is 0 Å². The number of ether oxygens (including phenoxy) is 3. The number of benzene rings is 1. The van der Waals surface area contributed by atoms with Crippen molar-refractivity contribution in [1.29, 1.82) is 0 Å². The first-order valence-corrected chi connectivity index (χ1v) is 7.49. The second-order valence-corrected chi connectivity index (χ2v) is 5.19. The van der Waals surface area contributed by atoms with E-state index < -0.39 is 0 Å². The summed E-state index contributed by atoms with van der Waals surface area (Å²) in [6, 6.07) is 5.50. The van der Waals surface area contributed by atoms with Crippen LogP contribution in [0.1, 0.15) is 12.5 Å².